The van der Waals surface area contributed by atoms with Gasteiger partial charge in [-0.1, -0.05) is 6.07 Å². The number of benzene rings is 1. The lowest BCUT2D eigenvalue weighted by Crippen LogP contribution is -2.04. The molecule has 0 aliphatic carbocycles. The standard InChI is InChI=1S/C13H10N4O2/c14-6-10-3-4-16-17-13(10)15-7-9-1-2-11-12(5-9)19-8-18-11/h1-5H,7-8H2,(H,15,17). The minimum atomic E-state index is 0.259. The van der Waals surface area contributed by atoms with E-state index >= 15 is 0 Å². The highest BCUT2D eigenvalue weighted by Gasteiger charge is 2.13. The summed E-state index contributed by atoms with van der Waals surface area (Å²) >= 11 is 0. The fourth-order valence-electron chi connectivity index (χ4n) is 1.79. The van der Waals surface area contributed by atoms with E-state index in [0.717, 1.165) is 17.1 Å². The van der Waals surface area contributed by atoms with E-state index in [2.05, 4.69) is 21.6 Å². The van der Waals surface area contributed by atoms with Gasteiger partial charge in [-0.25, -0.2) is 0 Å². The molecule has 6 nitrogen and oxygen atoms in total. The fourth-order valence-corrected chi connectivity index (χ4v) is 1.79. The van der Waals surface area contributed by atoms with Gasteiger partial charge in [0.2, 0.25) is 6.79 Å². The highest BCUT2D eigenvalue weighted by molar-refractivity contribution is 5.51. The van der Waals surface area contributed by atoms with Crippen molar-refractivity contribution in [3.05, 3.63) is 41.6 Å². The van der Waals surface area contributed by atoms with Crippen LogP contribution in [-0.2, 0) is 6.54 Å². The third-order valence-corrected chi connectivity index (χ3v) is 2.74. The first-order valence-electron chi connectivity index (χ1n) is 5.71. The van der Waals surface area contributed by atoms with Gasteiger partial charge in [-0.3, -0.25) is 0 Å². The quantitative estimate of drug-likeness (QED) is 0.897. The molecule has 0 fully saturated rings. The molecule has 0 amide bonds. The summed E-state index contributed by atoms with van der Waals surface area (Å²) in [5.74, 6) is 1.96. The summed E-state index contributed by atoms with van der Waals surface area (Å²) in [5.41, 5.74) is 1.48. The summed E-state index contributed by atoms with van der Waals surface area (Å²) in [5, 5.41) is 19.7. The fraction of sp³-hybridized carbons (Fsp3) is 0.154. The van der Waals surface area contributed by atoms with E-state index in [4.69, 9.17) is 14.7 Å². The van der Waals surface area contributed by atoms with Crippen LogP contribution in [0.4, 0.5) is 5.82 Å². The zero-order chi connectivity index (χ0) is 13.1. The second-order valence-corrected chi connectivity index (χ2v) is 3.95. The zero-order valence-electron chi connectivity index (χ0n) is 9.96. The van der Waals surface area contributed by atoms with Gasteiger partial charge >= 0.3 is 0 Å². The molecule has 1 aromatic carbocycles. The van der Waals surface area contributed by atoms with Gasteiger partial charge in [0.1, 0.15) is 6.07 Å². The number of nitrogens with zero attached hydrogens (tertiary/aromatic N) is 3. The zero-order valence-corrected chi connectivity index (χ0v) is 9.96. The van der Waals surface area contributed by atoms with Crippen molar-refractivity contribution in [2.75, 3.05) is 12.1 Å². The Hall–Kier alpha value is -2.81. The highest BCUT2D eigenvalue weighted by Crippen LogP contribution is 2.32. The number of nitrogens with one attached hydrogen (secondary N) is 1. The Bertz CT molecular complexity index is 651. The van der Waals surface area contributed by atoms with E-state index in [1.54, 1.807) is 6.07 Å². The maximum Gasteiger partial charge on any atom is 0.231 e. The van der Waals surface area contributed by atoms with E-state index in [0.29, 0.717) is 17.9 Å². The second-order valence-electron chi connectivity index (χ2n) is 3.95. The number of aromatic nitrogens is 2. The predicted molar refractivity (Wildman–Crippen MR) is 66.6 cm³/mol. The number of rotatable bonds is 3. The molecule has 6 heteroatoms. The predicted octanol–water partition coefficient (Wildman–Crippen LogP) is 1.69. The summed E-state index contributed by atoms with van der Waals surface area (Å²) in [6.07, 6.45) is 1.49. The van der Waals surface area contributed by atoms with Crippen molar-refractivity contribution in [3.8, 4) is 17.6 Å². The van der Waals surface area contributed by atoms with E-state index < -0.39 is 0 Å². The van der Waals surface area contributed by atoms with E-state index in [1.165, 1.54) is 6.20 Å². The summed E-state index contributed by atoms with van der Waals surface area (Å²) in [6.45, 7) is 0.791. The molecule has 0 unspecified atom stereocenters. The number of anilines is 1. The molecule has 2 aromatic rings. The molecule has 94 valence electrons. The first-order chi connectivity index (χ1) is 9.36. The van der Waals surface area contributed by atoms with Gasteiger partial charge in [-0.2, -0.15) is 10.4 Å². The van der Waals surface area contributed by atoms with Gasteiger partial charge in [0, 0.05) is 6.54 Å². The van der Waals surface area contributed by atoms with Crippen molar-refractivity contribution in [2.24, 2.45) is 0 Å². The largest absolute Gasteiger partial charge is 0.454 e. The third kappa shape index (κ3) is 2.26. The molecule has 1 aliphatic heterocycles. The lowest BCUT2D eigenvalue weighted by molar-refractivity contribution is 0.174. The van der Waals surface area contributed by atoms with Crippen LogP contribution < -0.4 is 14.8 Å². The van der Waals surface area contributed by atoms with Gasteiger partial charge in [0.05, 0.1) is 11.8 Å². The normalized spacial score (nSPS) is 11.9. The number of ether oxygens (including phenoxy) is 2. The molecule has 0 atom stereocenters. The van der Waals surface area contributed by atoms with Crippen molar-refractivity contribution < 1.29 is 9.47 Å². The van der Waals surface area contributed by atoms with E-state index in [9.17, 15) is 0 Å². The molecule has 0 radical (unpaired) electrons. The first-order valence-corrected chi connectivity index (χ1v) is 5.71. The van der Waals surface area contributed by atoms with Crippen LogP contribution in [-0.4, -0.2) is 17.0 Å². The van der Waals surface area contributed by atoms with Crippen molar-refractivity contribution in [1.29, 1.82) is 5.26 Å². The molecule has 0 saturated heterocycles. The Morgan fingerprint density at radius 2 is 2.16 bits per heavy atom. The van der Waals surface area contributed by atoms with Crippen molar-refractivity contribution in [1.82, 2.24) is 10.2 Å². The molecule has 0 spiro atoms. The van der Waals surface area contributed by atoms with Crippen molar-refractivity contribution in [3.63, 3.8) is 0 Å². The van der Waals surface area contributed by atoms with Crippen LogP contribution in [0.3, 0.4) is 0 Å². The van der Waals surface area contributed by atoms with Gasteiger partial charge in [-0.05, 0) is 23.8 Å². The molecule has 0 bridgehead atoms. The molecule has 0 saturated carbocycles. The van der Waals surface area contributed by atoms with Crippen LogP contribution in [0.15, 0.2) is 30.5 Å². The first kappa shape index (κ1) is 11.3. The Morgan fingerprint density at radius 3 is 3.05 bits per heavy atom. The van der Waals surface area contributed by atoms with Gasteiger partial charge in [0.15, 0.2) is 17.3 Å². The van der Waals surface area contributed by atoms with Crippen LogP contribution in [0.25, 0.3) is 0 Å². The van der Waals surface area contributed by atoms with E-state index in [-0.39, 0.29) is 6.79 Å². The van der Waals surface area contributed by atoms with Crippen LogP contribution >= 0.6 is 0 Å². The van der Waals surface area contributed by atoms with Crippen LogP contribution in [0.2, 0.25) is 0 Å². The summed E-state index contributed by atoms with van der Waals surface area (Å²) in [6, 6.07) is 9.38. The van der Waals surface area contributed by atoms with Crippen molar-refractivity contribution >= 4 is 5.82 Å². The highest BCUT2D eigenvalue weighted by atomic mass is 16.7. The van der Waals surface area contributed by atoms with E-state index in [1.807, 2.05) is 18.2 Å². The Kier molecular flexibility index (Phi) is 2.86. The molecule has 2 heterocycles. The number of nitriles is 1. The Balaban J connectivity index is 1.74. The van der Waals surface area contributed by atoms with Crippen molar-refractivity contribution in [2.45, 2.75) is 6.54 Å². The lowest BCUT2D eigenvalue weighted by Gasteiger charge is -2.06. The van der Waals surface area contributed by atoms with Crippen LogP contribution in [0, 0.1) is 11.3 Å². The van der Waals surface area contributed by atoms with Gasteiger partial charge < -0.3 is 14.8 Å². The Morgan fingerprint density at radius 1 is 1.26 bits per heavy atom. The van der Waals surface area contributed by atoms with Crippen LogP contribution in [0.1, 0.15) is 11.1 Å². The lowest BCUT2D eigenvalue weighted by atomic mass is 10.2. The average Bonchev–Trinajstić information content (AvgIpc) is 2.93. The SMILES string of the molecule is N#Cc1ccnnc1NCc1ccc2c(c1)OCO2. The maximum atomic E-state index is 8.95. The Labute approximate surface area is 109 Å². The smallest absolute Gasteiger partial charge is 0.231 e. The molecule has 1 aliphatic rings. The average molecular weight is 254 g/mol. The van der Waals surface area contributed by atoms with Gasteiger partial charge in [0.25, 0.3) is 0 Å². The molecular weight excluding hydrogens is 244 g/mol. The monoisotopic (exact) mass is 254 g/mol. The topological polar surface area (TPSA) is 80.1 Å². The summed E-state index contributed by atoms with van der Waals surface area (Å²) < 4.78 is 10.6. The second kappa shape index (κ2) is 4.82. The molecule has 1 N–H and O–H groups in total. The molecular formula is C13H10N4O2. The van der Waals surface area contributed by atoms with Gasteiger partial charge in [-0.15, -0.1) is 5.10 Å². The minimum Gasteiger partial charge on any atom is -0.454 e. The number of fused-ring (bicyclic) bond motifs is 1. The third-order valence-electron chi connectivity index (χ3n) is 2.74. The molecule has 3 rings (SSSR count). The summed E-state index contributed by atoms with van der Waals surface area (Å²) in [7, 11) is 0. The summed E-state index contributed by atoms with van der Waals surface area (Å²) in [4.78, 5) is 0. The maximum absolute atomic E-state index is 8.95. The number of hydrogen-bond acceptors (Lipinski definition) is 6. The molecule has 1 aromatic heterocycles. The van der Waals surface area contributed by atoms with Crippen LogP contribution in [0.5, 0.6) is 11.5 Å². The minimum absolute atomic E-state index is 0.259. The molecule has 19 heavy (non-hydrogen) atoms. The number of hydrogen-bond donors (Lipinski definition) is 1.